The smallest absolute Gasteiger partial charge is 0.280 e. The number of nitrogens with zero attached hydrogens (tertiary/aromatic N) is 4. The minimum Gasteiger partial charge on any atom is -0.324 e. The van der Waals surface area contributed by atoms with Gasteiger partial charge in [-0.1, -0.05) is 35.5 Å². The summed E-state index contributed by atoms with van der Waals surface area (Å²) in [6, 6.07) is 17.0. The molecule has 0 aliphatic carbocycles. The van der Waals surface area contributed by atoms with Gasteiger partial charge in [0.15, 0.2) is 5.69 Å². The number of rotatable bonds is 3. The molecule has 0 bridgehead atoms. The van der Waals surface area contributed by atoms with Crippen molar-refractivity contribution in [2.75, 3.05) is 5.32 Å². The van der Waals surface area contributed by atoms with Gasteiger partial charge in [-0.2, -0.15) is 0 Å². The molecule has 7 heteroatoms. The molecule has 112 valence electrons. The molecule has 0 saturated heterocycles. The van der Waals surface area contributed by atoms with Crippen LogP contribution in [0.25, 0.3) is 16.7 Å². The van der Waals surface area contributed by atoms with Gasteiger partial charge in [0.2, 0.25) is 5.95 Å². The number of fused-ring (bicyclic) bond motifs is 1. The van der Waals surface area contributed by atoms with Crippen LogP contribution in [0.1, 0.15) is 10.5 Å². The molecular formula is C16H12N6O. The Morgan fingerprint density at radius 2 is 1.83 bits per heavy atom. The van der Waals surface area contributed by atoms with Crippen LogP contribution in [-0.2, 0) is 0 Å². The number of H-pyrrole nitrogens is 1. The molecule has 4 rings (SSSR count). The van der Waals surface area contributed by atoms with Gasteiger partial charge in [-0.25, -0.2) is 9.67 Å². The van der Waals surface area contributed by atoms with E-state index in [1.165, 1.54) is 0 Å². The fourth-order valence-electron chi connectivity index (χ4n) is 2.26. The van der Waals surface area contributed by atoms with E-state index in [1.807, 2.05) is 54.6 Å². The van der Waals surface area contributed by atoms with Crippen molar-refractivity contribution < 1.29 is 4.79 Å². The number of anilines is 1. The van der Waals surface area contributed by atoms with Crippen LogP contribution in [0.2, 0.25) is 0 Å². The van der Waals surface area contributed by atoms with E-state index in [2.05, 4.69) is 25.6 Å². The summed E-state index contributed by atoms with van der Waals surface area (Å²) in [5.74, 6) is 0.0108. The van der Waals surface area contributed by atoms with Crippen molar-refractivity contribution >= 4 is 22.9 Å². The standard InChI is InChI=1S/C16H12N6O/c23-15(19-16-17-12-8-4-5-9-13(12)18-16)14-10-22(21-20-14)11-6-2-1-3-7-11/h1-10H,(H2,17,18,19,23). The van der Waals surface area contributed by atoms with E-state index in [1.54, 1.807) is 10.9 Å². The van der Waals surface area contributed by atoms with Crippen molar-refractivity contribution in [3.63, 3.8) is 0 Å². The van der Waals surface area contributed by atoms with Crippen molar-refractivity contribution in [3.8, 4) is 5.69 Å². The van der Waals surface area contributed by atoms with Crippen LogP contribution in [-0.4, -0.2) is 30.9 Å². The van der Waals surface area contributed by atoms with Crippen molar-refractivity contribution in [1.29, 1.82) is 0 Å². The van der Waals surface area contributed by atoms with E-state index in [-0.39, 0.29) is 11.6 Å². The lowest BCUT2D eigenvalue weighted by molar-refractivity contribution is 0.102. The van der Waals surface area contributed by atoms with Gasteiger partial charge in [0.25, 0.3) is 5.91 Å². The third-order valence-corrected chi connectivity index (χ3v) is 3.37. The highest BCUT2D eigenvalue weighted by Gasteiger charge is 2.13. The number of imidazole rings is 1. The summed E-state index contributed by atoms with van der Waals surface area (Å²) < 4.78 is 1.55. The zero-order valence-electron chi connectivity index (χ0n) is 12.0. The summed E-state index contributed by atoms with van der Waals surface area (Å²) in [5, 5.41) is 10.6. The van der Waals surface area contributed by atoms with Gasteiger partial charge in [-0.15, -0.1) is 5.10 Å². The Morgan fingerprint density at radius 1 is 1.04 bits per heavy atom. The summed E-state index contributed by atoms with van der Waals surface area (Å²) in [5.41, 5.74) is 2.70. The zero-order chi connectivity index (χ0) is 15.6. The Bertz CT molecular complexity index is 939. The van der Waals surface area contributed by atoms with E-state index in [4.69, 9.17) is 0 Å². The van der Waals surface area contributed by atoms with Crippen LogP contribution >= 0.6 is 0 Å². The average molecular weight is 304 g/mol. The van der Waals surface area contributed by atoms with E-state index in [0.29, 0.717) is 5.95 Å². The molecule has 7 nitrogen and oxygen atoms in total. The molecule has 0 unspecified atom stereocenters. The normalized spacial score (nSPS) is 10.8. The monoisotopic (exact) mass is 304 g/mol. The predicted molar refractivity (Wildman–Crippen MR) is 85.4 cm³/mol. The molecule has 2 heterocycles. The fourth-order valence-corrected chi connectivity index (χ4v) is 2.26. The molecule has 0 atom stereocenters. The number of para-hydroxylation sites is 3. The second kappa shape index (κ2) is 5.38. The first-order valence-electron chi connectivity index (χ1n) is 7.03. The van der Waals surface area contributed by atoms with Gasteiger partial charge in [-0.05, 0) is 24.3 Å². The van der Waals surface area contributed by atoms with Crippen molar-refractivity contribution in [1.82, 2.24) is 25.0 Å². The first-order valence-corrected chi connectivity index (χ1v) is 7.03. The van der Waals surface area contributed by atoms with Gasteiger partial charge in [0.05, 0.1) is 22.9 Å². The Balaban J connectivity index is 1.56. The highest BCUT2D eigenvalue weighted by atomic mass is 16.2. The molecular weight excluding hydrogens is 292 g/mol. The quantitative estimate of drug-likeness (QED) is 0.608. The number of hydrogen-bond donors (Lipinski definition) is 2. The maximum atomic E-state index is 12.2. The first-order chi connectivity index (χ1) is 11.3. The third-order valence-electron chi connectivity index (χ3n) is 3.37. The highest BCUT2D eigenvalue weighted by Crippen LogP contribution is 2.14. The van der Waals surface area contributed by atoms with Crippen molar-refractivity contribution in [3.05, 3.63) is 66.5 Å². The van der Waals surface area contributed by atoms with Crippen molar-refractivity contribution in [2.24, 2.45) is 0 Å². The summed E-state index contributed by atoms with van der Waals surface area (Å²) in [7, 11) is 0. The topological polar surface area (TPSA) is 88.5 Å². The fraction of sp³-hybridized carbons (Fsp3) is 0. The lowest BCUT2D eigenvalue weighted by Gasteiger charge is -1.98. The number of benzene rings is 2. The Morgan fingerprint density at radius 3 is 2.65 bits per heavy atom. The van der Waals surface area contributed by atoms with Gasteiger partial charge < -0.3 is 4.98 Å². The predicted octanol–water partition coefficient (Wildman–Crippen LogP) is 2.40. The van der Waals surface area contributed by atoms with E-state index >= 15 is 0 Å². The number of hydrogen-bond acceptors (Lipinski definition) is 4. The number of nitrogens with one attached hydrogen (secondary N) is 2. The Kier molecular flexibility index (Phi) is 3.09. The number of aromatic nitrogens is 5. The van der Waals surface area contributed by atoms with Crippen LogP contribution in [0.15, 0.2) is 60.8 Å². The molecule has 0 spiro atoms. The molecule has 23 heavy (non-hydrogen) atoms. The van der Waals surface area contributed by atoms with Crippen molar-refractivity contribution in [2.45, 2.75) is 0 Å². The van der Waals surface area contributed by atoms with Crippen LogP contribution < -0.4 is 5.32 Å². The van der Waals surface area contributed by atoms with Crippen LogP contribution in [0.5, 0.6) is 0 Å². The molecule has 0 fully saturated rings. The average Bonchev–Trinajstić information content (AvgIpc) is 3.22. The van der Waals surface area contributed by atoms with Gasteiger partial charge in [0, 0.05) is 0 Å². The second-order valence-corrected chi connectivity index (χ2v) is 4.94. The lowest BCUT2D eigenvalue weighted by Crippen LogP contribution is -2.13. The van der Waals surface area contributed by atoms with E-state index < -0.39 is 0 Å². The maximum Gasteiger partial charge on any atom is 0.280 e. The number of carbonyl (C=O) groups is 1. The maximum absolute atomic E-state index is 12.2. The van der Waals surface area contributed by atoms with Crippen LogP contribution in [0.4, 0.5) is 5.95 Å². The minimum atomic E-state index is -0.369. The Labute approximate surface area is 131 Å². The zero-order valence-corrected chi connectivity index (χ0v) is 12.0. The summed E-state index contributed by atoms with van der Waals surface area (Å²) in [6.45, 7) is 0. The second-order valence-electron chi connectivity index (χ2n) is 4.94. The number of amides is 1. The SMILES string of the molecule is O=C(Nc1nc2ccccc2[nH]1)c1cn(-c2ccccc2)nn1. The largest absolute Gasteiger partial charge is 0.324 e. The molecule has 0 aliphatic rings. The van der Waals surface area contributed by atoms with E-state index in [9.17, 15) is 4.79 Å². The summed E-state index contributed by atoms with van der Waals surface area (Å²) >= 11 is 0. The third kappa shape index (κ3) is 2.55. The van der Waals surface area contributed by atoms with Gasteiger partial charge in [-0.3, -0.25) is 10.1 Å². The molecule has 2 aromatic carbocycles. The highest BCUT2D eigenvalue weighted by molar-refractivity contribution is 6.02. The van der Waals surface area contributed by atoms with Gasteiger partial charge in [0.1, 0.15) is 0 Å². The molecule has 1 amide bonds. The molecule has 4 aromatic rings. The Hall–Kier alpha value is -3.48. The molecule has 2 N–H and O–H groups in total. The minimum absolute atomic E-state index is 0.217. The van der Waals surface area contributed by atoms with Crippen LogP contribution in [0.3, 0.4) is 0 Å². The van der Waals surface area contributed by atoms with Gasteiger partial charge >= 0.3 is 0 Å². The first kappa shape index (κ1) is 13.2. The van der Waals surface area contributed by atoms with Crippen LogP contribution in [0, 0.1) is 0 Å². The summed E-state index contributed by atoms with van der Waals surface area (Å²) in [4.78, 5) is 19.6. The summed E-state index contributed by atoms with van der Waals surface area (Å²) in [6.07, 6.45) is 1.58. The molecule has 0 saturated carbocycles. The molecule has 0 radical (unpaired) electrons. The number of aromatic amines is 1. The molecule has 0 aliphatic heterocycles. The molecule has 2 aromatic heterocycles. The lowest BCUT2D eigenvalue weighted by atomic mass is 10.3. The number of carbonyl (C=O) groups excluding carboxylic acids is 1. The van der Waals surface area contributed by atoms with E-state index in [0.717, 1.165) is 16.7 Å².